The molecule has 5 nitrogen and oxygen atoms in total. The largest absolute Gasteiger partial charge is 0.457 e. The van der Waals surface area contributed by atoms with Crippen LogP contribution < -0.4 is 4.90 Å². The molecule has 3 aromatic rings. The third-order valence-corrected chi connectivity index (χ3v) is 5.22. The Kier molecular flexibility index (Phi) is 5.38. The maximum Gasteiger partial charge on any atom is 0.338 e. The third kappa shape index (κ3) is 3.97. The summed E-state index contributed by atoms with van der Waals surface area (Å²) in [5, 5.41) is 0. The summed E-state index contributed by atoms with van der Waals surface area (Å²) in [6.07, 6.45) is 0. The number of imide groups is 1. The fourth-order valence-corrected chi connectivity index (χ4v) is 3.42. The highest BCUT2D eigenvalue weighted by Gasteiger charge is 2.37. The third-order valence-electron chi connectivity index (χ3n) is 5.22. The van der Waals surface area contributed by atoms with E-state index in [0.29, 0.717) is 5.92 Å². The van der Waals surface area contributed by atoms with Gasteiger partial charge in [0.15, 0.2) is 0 Å². The molecule has 1 heterocycles. The van der Waals surface area contributed by atoms with E-state index in [1.807, 2.05) is 24.3 Å². The van der Waals surface area contributed by atoms with Crippen molar-refractivity contribution < 1.29 is 23.5 Å². The second-order valence-corrected chi connectivity index (χ2v) is 7.65. The summed E-state index contributed by atoms with van der Waals surface area (Å²) in [5.41, 5.74) is 2.80. The van der Waals surface area contributed by atoms with E-state index in [4.69, 9.17) is 4.74 Å². The predicted molar refractivity (Wildman–Crippen MR) is 114 cm³/mol. The number of carbonyl (C=O) groups is 3. The first-order chi connectivity index (χ1) is 14.8. The Bertz CT molecular complexity index is 1170. The normalized spacial score (nSPS) is 13.0. The second-order valence-electron chi connectivity index (χ2n) is 7.65. The first kappa shape index (κ1) is 20.5. The summed E-state index contributed by atoms with van der Waals surface area (Å²) in [6.45, 7) is 4.31. The van der Waals surface area contributed by atoms with Gasteiger partial charge in [-0.2, -0.15) is 0 Å². The molecule has 3 aromatic carbocycles. The van der Waals surface area contributed by atoms with Crippen LogP contribution >= 0.6 is 0 Å². The van der Waals surface area contributed by atoms with Crippen LogP contribution in [0.15, 0.2) is 66.7 Å². The molecular weight excluding hydrogens is 397 g/mol. The molecule has 0 unspecified atom stereocenters. The molecule has 31 heavy (non-hydrogen) atoms. The Morgan fingerprint density at radius 1 is 0.903 bits per heavy atom. The van der Waals surface area contributed by atoms with Gasteiger partial charge in [0.05, 0.1) is 22.4 Å². The first-order valence-electron chi connectivity index (χ1n) is 9.89. The number of fused-ring (bicyclic) bond motifs is 1. The highest BCUT2D eigenvalue weighted by atomic mass is 19.1. The zero-order valence-electron chi connectivity index (χ0n) is 17.1. The molecule has 0 fully saturated rings. The molecule has 0 radical (unpaired) electrons. The molecular formula is C25H20FNO4. The number of carbonyl (C=O) groups excluding carboxylic acids is 3. The SMILES string of the molecule is CC(C)c1ccc(COC(=O)c2ccc3c(c2)C(=O)N(c2ccc(F)cc2)C3=O)cc1. The lowest BCUT2D eigenvalue weighted by atomic mass is 10.0. The fourth-order valence-electron chi connectivity index (χ4n) is 3.42. The molecule has 0 aliphatic carbocycles. The van der Waals surface area contributed by atoms with Gasteiger partial charge >= 0.3 is 5.97 Å². The van der Waals surface area contributed by atoms with Crippen LogP contribution in [-0.2, 0) is 11.3 Å². The van der Waals surface area contributed by atoms with E-state index in [-0.39, 0.29) is 29.0 Å². The van der Waals surface area contributed by atoms with Gasteiger partial charge in [-0.25, -0.2) is 14.1 Å². The van der Waals surface area contributed by atoms with E-state index in [2.05, 4.69) is 13.8 Å². The van der Waals surface area contributed by atoms with Crippen molar-refractivity contribution in [2.24, 2.45) is 0 Å². The number of anilines is 1. The lowest BCUT2D eigenvalue weighted by Crippen LogP contribution is -2.29. The Hall–Kier alpha value is -3.80. The van der Waals surface area contributed by atoms with E-state index in [1.54, 1.807) is 0 Å². The molecule has 1 aliphatic rings. The van der Waals surface area contributed by atoms with Crippen LogP contribution in [0.4, 0.5) is 10.1 Å². The number of halogens is 1. The first-order valence-corrected chi connectivity index (χ1v) is 9.89. The maximum absolute atomic E-state index is 13.2. The van der Waals surface area contributed by atoms with E-state index >= 15 is 0 Å². The number of nitrogens with zero attached hydrogens (tertiary/aromatic N) is 1. The van der Waals surface area contributed by atoms with Crippen LogP contribution in [-0.4, -0.2) is 17.8 Å². The van der Waals surface area contributed by atoms with Gasteiger partial charge in [-0.15, -0.1) is 0 Å². The quantitative estimate of drug-likeness (QED) is 0.428. The number of esters is 1. The molecule has 0 N–H and O–H groups in total. The van der Waals surface area contributed by atoms with Crippen molar-refractivity contribution >= 4 is 23.5 Å². The molecule has 0 atom stereocenters. The Morgan fingerprint density at radius 3 is 2.19 bits per heavy atom. The van der Waals surface area contributed by atoms with Crippen molar-refractivity contribution in [3.63, 3.8) is 0 Å². The van der Waals surface area contributed by atoms with Crippen LogP contribution in [0.25, 0.3) is 0 Å². The van der Waals surface area contributed by atoms with Gasteiger partial charge in [-0.1, -0.05) is 38.1 Å². The van der Waals surface area contributed by atoms with Crippen molar-refractivity contribution in [3.8, 4) is 0 Å². The lowest BCUT2D eigenvalue weighted by Gasteiger charge is -2.13. The molecule has 0 saturated heterocycles. The zero-order valence-corrected chi connectivity index (χ0v) is 17.1. The topological polar surface area (TPSA) is 63.7 Å². The van der Waals surface area contributed by atoms with Gasteiger partial charge in [0.2, 0.25) is 0 Å². The smallest absolute Gasteiger partial charge is 0.338 e. The summed E-state index contributed by atoms with van der Waals surface area (Å²) in [6, 6.07) is 17.1. The number of amides is 2. The minimum absolute atomic E-state index is 0.100. The molecule has 6 heteroatoms. The number of ether oxygens (including phenoxy) is 1. The highest BCUT2D eigenvalue weighted by molar-refractivity contribution is 6.34. The summed E-state index contributed by atoms with van der Waals surface area (Å²) in [5.74, 6) is -1.72. The molecule has 0 saturated carbocycles. The van der Waals surface area contributed by atoms with Crippen molar-refractivity contribution in [2.75, 3.05) is 4.90 Å². The van der Waals surface area contributed by atoms with Crippen molar-refractivity contribution in [1.82, 2.24) is 0 Å². The summed E-state index contributed by atoms with van der Waals surface area (Å²) in [4.78, 5) is 38.9. The van der Waals surface area contributed by atoms with Crippen LogP contribution in [0.1, 0.15) is 62.0 Å². The van der Waals surface area contributed by atoms with E-state index < -0.39 is 23.6 Å². The maximum atomic E-state index is 13.2. The van der Waals surface area contributed by atoms with Crippen LogP contribution in [0.5, 0.6) is 0 Å². The van der Waals surface area contributed by atoms with Crippen LogP contribution in [0, 0.1) is 5.82 Å². The Labute approximate surface area is 179 Å². The molecule has 4 rings (SSSR count). The fraction of sp³-hybridized carbons (Fsp3) is 0.160. The average Bonchev–Trinajstić information content (AvgIpc) is 3.02. The predicted octanol–water partition coefficient (Wildman–Crippen LogP) is 5.11. The molecule has 1 aliphatic heterocycles. The molecule has 2 amide bonds. The van der Waals surface area contributed by atoms with Gasteiger partial charge in [0.25, 0.3) is 11.8 Å². The van der Waals surface area contributed by atoms with Gasteiger partial charge in [-0.05, 0) is 59.5 Å². The summed E-state index contributed by atoms with van der Waals surface area (Å²) in [7, 11) is 0. The number of hydrogen-bond acceptors (Lipinski definition) is 4. The molecule has 156 valence electrons. The van der Waals surface area contributed by atoms with E-state index in [9.17, 15) is 18.8 Å². The molecule has 0 spiro atoms. The summed E-state index contributed by atoms with van der Waals surface area (Å²) >= 11 is 0. The minimum Gasteiger partial charge on any atom is -0.457 e. The standard InChI is InChI=1S/C25H20FNO4/c1-15(2)17-5-3-16(4-6-17)14-31-25(30)18-7-12-21-22(13-18)24(29)27(23(21)28)20-10-8-19(26)9-11-20/h3-13,15H,14H2,1-2H3. The Morgan fingerprint density at radius 2 is 1.55 bits per heavy atom. The van der Waals surface area contributed by atoms with Crippen molar-refractivity contribution in [1.29, 1.82) is 0 Å². The number of benzene rings is 3. The Balaban J connectivity index is 1.50. The number of rotatable bonds is 5. The second kappa shape index (κ2) is 8.14. The lowest BCUT2D eigenvalue weighted by molar-refractivity contribution is 0.0472. The summed E-state index contributed by atoms with van der Waals surface area (Å²) < 4.78 is 18.6. The van der Waals surface area contributed by atoms with E-state index in [0.717, 1.165) is 10.5 Å². The monoisotopic (exact) mass is 417 g/mol. The van der Waals surface area contributed by atoms with Gasteiger partial charge in [0.1, 0.15) is 12.4 Å². The van der Waals surface area contributed by atoms with Gasteiger partial charge in [-0.3, -0.25) is 9.59 Å². The highest BCUT2D eigenvalue weighted by Crippen LogP contribution is 2.29. The van der Waals surface area contributed by atoms with Gasteiger partial charge in [0, 0.05) is 0 Å². The van der Waals surface area contributed by atoms with E-state index in [1.165, 1.54) is 48.0 Å². The zero-order chi connectivity index (χ0) is 22.1. The van der Waals surface area contributed by atoms with Crippen LogP contribution in [0.2, 0.25) is 0 Å². The molecule has 0 aromatic heterocycles. The van der Waals surface area contributed by atoms with Gasteiger partial charge < -0.3 is 4.74 Å². The average molecular weight is 417 g/mol. The van der Waals surface area contributed by atoms with Crippen LogP contribution in [0.3, 0.4) is 0 Å². The van der Waals surface area contributed by atoms with Crippen molar-refractivity contribution in [3.05, 3.63) is 100 Å². The molecule has 0 bridgehead atoms. The minimum atomic E-state index is -0.587. The van der Waals surface area contributed by atoms with Crippen molar-refractivity contribution in [2.45, 2.75) is 26.4 Å². The number of hydrogen-bond donors (Lipinski definition) is 0.